The van der Waals surface area contributed by atoms with Gasteiger partial charge in [0.15, 0.2) is 0 Å². The molecule has 0 radical (unpaired) electrons. The van der Waals surface area contributed by atoms with Gasteiger partial charge in [-0.1, -0.05) is 27.7 Å². The molecule has 0 heterocycles. The van der Waals surface area contributed by atoms with E-state index in [0.717, 1.165) is 4.47 Å². The molecular weight excluding hydrogens is 403 g/mol. The van der Waals surface area contributed by atoms with E-state index in [2.05, 4.69) is 40.0 Å². The van der Waals surface area contributed by atoms with Crippen LogP contribution < -0.4 is 10.2 Å². The van der Waals surface area contributed by atoms with E-state index >= 15 is 0 Å². The second-order valence-electron chi connectivity index (χ2n) is 3.10. The first-order chi connectivity index (χ1) is 8.65. The van der Waals surface area contributed by atoms with Crippen molar-refractivity contribution in [1.82, 2.24) is 0 Å². The number of rotatable bonds is 4. The Morgan fingerprint density at radius 3 is 2.44 bits per heavy atom. The summed E-state index contributed by atoms with van der Waals surface area (Å²) in [7, 11) is 0. The fourth-order valence-electron chi connectivity index (χ4n) is 0.993. The third kappa shape index (κ3) is 8.52. The van der Waals surface area contributed by atoms with Gasteiger partial charge in [-0.15, -0.1) is 0 Å². The zero-order valence-electron chi connectivity index (χ0n) is 10.4. The van der Waals surface area contributed by atoms with Gasteiger partial charge in [0.25, 0.3) is 0 Å². The summed E-state index contributed by atoms with van der Waals surface area (Å²) in [6.45, 7) is 4.57. The van der Waals surface area contributed by atoms with Gasteiger partial charge in [-0.2, -0.15) is 10.2 Å². The summed E-state index contributed by atoms with van der Waals surface area (Å²) in [6, 6.07) is 4.65. The topological polar surface area (TPSA) is 70.8 Å². The summed E-state index contributed by atoms with van der Waals surface area (Å²) in [5.41, 5.74) is 0.389. The van der Waals surface area contributed by atoms with E-state index in [-0.39, 0.29) is 26.9 Å². The van der Waals surface area contributed by atoms with Gasteiger partial charge < -0.3 is 10.2 Å². The summed E-state index contributed by atoms with van der Waals surface area (Å²) in [5, 5.41) is 27.3. The minimum atomic E-state index is -0.159. The Morgan fingerprint density at radius 2 is 1.94 bits per heavy atom. The van der Waals surface area contributed by atoms with E-state index in [4.69, 9.17) is 0 Å². The van der Waals surface area contributed by atoms with Crippen LogP contribution >= 0.6 is 15.9 Å². The first kappa shape index (κ1) is 17.4. The Kier molecular flexibility index (Phi) is 11.2. The zero-order valence-corrected chi connectivity index (χ0v) is 14.8. The summed E-state index contributed by atoms with van der Waals surface area (Å²) in [5.74, 6) is -0.159. The molecule has 0 aliphatic carbocycles. The van der Waals surface area contributed by atoms with Crippen LogP contribution in [0.3, 0.4) is 0 Å². The molecule has 18 heavy (non-hydrogen) atoms. The van der Waals surface area contributed by atoms with Crippen molar-refractivity contribution in [2.24, 2.45) is 10.2 Å². The Balaban J connectivity index is 0.000000494. The number of benzene rings is 1. The van der Waals surface area contributed by atoms with E-state index in [1.165, 1.54) is 21.2 Å². The van der Waals surface area contributed by atoms with Crippen LogP contribution in [0.5, 0.6) is 5.75 Å². The van der Waals surface area contributed by atoms with Crippen LogP contribution in [0.25, 0.3) is 0 Å². The van der Waals surface area contributed by atoms with Crippen molar-refractivity contribution >= 4 is 49.7 Å². The van der Waals surface area contributed by atoms with Crippen molar-refractivity contribution in [2.75, 3.05) is 0 Å². The molecule has 0 aromatic heterocycles. The van der Waals surface area contributed by atoms with Gasteiger partial charge in [0.05, 0.1) is 6.21 Å². The summed E-state index contributed by atoms with van der Waals surface area (Å²) >= 11 is 3.42. The predicted molar refractivity (Wildman–Crippen MR) is 76.4 cm³/mol. The Hall–Kier alpha value is -0.561. The molecule has 0 aliphatic rings. The normalized spacial score (nSPS) is 10.2. The number of hydrogen-bond donors (Lipinski definition) is 0. The standard InChI is InChI=1S/C8H7BrN2O2.2C2H5.Sn/c9-7-1-2-8(13)6(3-7)4-10-11-5-12;2*1-2;/h1-5,13H,(H,11,12);2*1H2,2H3;/q;;;+2/p-2/b10-4+;;;. The molecule has 0 fully saturated rings. The van der Waals surface area contributed by atoms with Crippen molar-refractivity contribution in [1.29, 1.82) is 0 Å². The first-order valence-corrected chi connectivity index (χ1v) is 10.3. The Morgan fingerprint density at radius 1 is 1.28 bits per heavy atom. The maximum Gasteiger partial charge on any atom is 0.0561 e. The largest absolute Gasteiger partial charge is 0.872 e. The van der Waals surface area contributed by atoms with Crippen LogP contribution in [0.15, 0.2) is 32.9 Å². The quantitative estimate of drug-likeness (QED) is 0.324. The Bertz CT molecular complexity index is 396. The summed E-state index contributed by atoms with van der Waals surface area (Å²) < 4.78 is 3.80. The first-order valence-electron chi connectivity index (χ1n) is 5.49. The van der Waals surface area contributed by atoms with Crippen LogP contribution in [0, 0.1) is 0 Å². The fraction of sp³-hybridized carbons (Fsp3) is 0.333. The van der Waals surface area contributed by atoms with E-state index in [1.807, 2.05) is 0 Å². The molecule has 0 saturated carbocycles. The smallest absolute Gasteiger partial charge is 0.0561 e. The molecule has 96 valence electrons. The second kappa shape index (κ2) is 11.5. The molecule has 0 bridgehead atoms. The average Bonchev–Trinajstić information content (AvgIpc) is 2.36. The second-order valence-corrected chi connectivity index (χ2v) is 9.48. The molecule has 0 unspecified atom stereocenters. The van der Waals surface area contributed by atoms with Gasteiger partial charge in [-0.25, -0.2) is 0 Å². The molecule has 0 N–H and O–H groups in total. The molecule has 0 aliphatic heterocycles. The monoisotopic (exact) mass is 418 g/mol. The number of hydrogen-bond acceptors (Lipinski definition) is 4. The van der Waals surface area contributed by atoms with E-state index in [0.29, 0.717) is 12.0 Å². The minimum absolute atomic E-state index is 0.159. The van der Waals surface area contributed by atoms with Gasteiger partial charge in [0.1, 0.15) is 0 Å². The van der Waals surface area contributed by atoms with Crippen LogP contribution in [0.2, 0.25) is 8.87 Å². The molecule has 1 aromatic carbocycles. The van der Waals surface area contributed by atoms with Crippen molar-refractivity contribution in [3.05, 3.63) is 28.2 Å². The Labute approximate surface area is 126 Å². The maximum atomic E-state index is 11.1. The van der Waals surface area contributed by atoms with Gasteiger partial charge in [-0.05, 0) is 24.1 Å². The average molecular weight is 418 g/mol. The zero-order chi connectivity index (χ0) is 13.8. The van der Waals surface area contributed by atoms with Gasteiger partial charge >= 0.3 is 43.9 Å². The van der Waals surface area contributed by atoms with E-state index in [1.54, 1.807) is 12.1 Å². The fourth-order valence-corrected chi connectivity index (χ4v) is 2.80. The van der Waals surface area contributed by atoms with Crippen LogP contribution in [-0.4, -0.2) is 33.8 Å². The maximum absolute atomic E-state index is 11.1. The molecule has 6 heteroatoms. The minimum Gasteiger partial charge on any atom is -0.872 e. The molecule has 0 saturated heterocycles. The molecule has 1 rings (SSSR count). The van der Waals surface area contributed by atoms with Crippen LogP contribution in [-0.2, 0) is 0 Å². The molecule has 0 spiro atoms. The molecule has 1 aromatic rings. The molecule has 4 nitrogen and oxygen atoms in total. The predicted octanol–water partition coefficient (Wildman–Crippen LogP) is 1.81. The number of nitrogens with zero attached hydrogens (tertiary/aromatic N) is 2. The molecular formula is C12H15BrN2O2Sn. The van der Waals surface area contributed by atoms with Crippen molar-refractivity contribution in [2.45, 2.75) is 22.7 Å². The van der Waals surface area contributed by atoms with Gasteiger partial charge in [0.2, 0.25) is 0 Å². The SMILES string of the molecule is C[CH2][Sn+2][CH2]C.[O-]/C=N\N=C\c1cc(Br)ccc1[O-]. The van der Waals surface area contributed by atoms with Crippen LogP contribution in [0.1, 0.15) is 19.4 Å². The van der Waals surface area contributed by atoms with E-state index < -0.39 is 0 Å². The van der Waals surface area contributed by atoms with Crippen molar-refractivity contribution in [3.8, 4) is 5.75 Å². The third-order valence-electron chi connectivity index (χ3n) is 1.78. The van der Waals surface area contributed by atoms with Crippen molar-refractivity contribution in [3.63, 3.8) is 0 Å². The molecule has 0 atom stereocenters. The van der Waals surface area contributed by atoms with Crippen molar-refractivity contribution < 1.29 is 10.2 Å². The summed E-state index contributed by atoms with van der Waals surface area (Å²) in [4.78, 5) is 0. The van der Waals surface area contributed by atoms with Gasteiger partial charge in [0, 0.05) is 4.47 Å². The van der Waals surface area contributed by atoms with E-state index in [9.17, 15) is 10.2 Å². The molecule has 0 amide bonds. The number of halogens is 1. The van der Waals surface area contributed by atoms with Crippen LogP contribution in [0.4, 0.5) is 0 Å². The van der Waals surface area contributed by atoms with Gasteiger partial charge in [-0.3, -0.25) is 0 Å². The third-order valence-corrected chi connectivity index (χ3v) is 5.13. The summed E-state index contributed by atoms with van der Waals surface area (Å²) in [6.07, 6.45) is 1.54.